The van der Waals surface area contributed by atoms with Gasteiger partial charge in [0.25, 0.3) is 0 Å². The Morgan fingerprint density at radius 3 is 1.97 bits per heavy atom. The van der Waals surface area contributed by atoms with E-state index in [0.717, 1.165) is 74.0 Å². The Bertz CT molecular complexity index is 3910. The summed E-state index contributed by atoms with van der Waals surface area (Å²) in [4.78, 5) is 7.62. The maximum absolute atomic E-state index is 6.47. The molecule has 0 spiro atoms. The largest absolute Gasteiger partial charge is 0.436 e. The molecule has 0 bridgehead atoms. The second-order valence-corrected chi connectivity index (χ2v) is 18.6. The molecule has 0 amide bonds. The van der Waals surface area contributed by atoms with Crippen LogP contribution in [0.4, 0.5) is 11.4 Å². The zero-order valence-corrected chi connectivity index (χ0v) is 38.6. The van der Waals surface area contributed by atoms with Gasteiger partial charge in [0, 0.05) is 39.7 Å². The lowest BCUT2D eigenvalue weighted by Gasteiger charge is -2.31. The van der Waals surface area contributed by atoms with Gasteiger partial charge in [0.2, 0.25) is 5.89 Å². The van der Waals surface area contributed by atoms with Crippen molar-refractivity contribution in [3.8, 4) is 33.4 Å². The normalized spacial score (nSPS) is 15.7. The minimum absolute atomic E-state index is 0.267. The average molecular weight is 897 g/mol. The van der Waals surface area contributed by atoms with Crippen LogP contribution in [-0.2, 0) is 0 Å². The minimum Gasteiger partial charge on any atom is -0.436 e. The maximum Gasteiger partial charge on any atom is 0.226 e. The first-order valence-corrected chi connectivity index (χ1v) is 24.4. The van der Waals surface area contributed by atoms with E-state index in [9.17, 15) is 0 Å². The zero-order valence-electron chi connectivity index (χ0n) is 38.6. The molecule has 0 N–H and O–H groups in total. The quantitative estimate of drug-likeness (QED) is 0.145. The van der Waals surface area contributed by atoms with Gasteiger partial charge in [0.05, 0.1) is 5.69 Å². The number of anilines is 2. The molecule has 10 aromatic carbocycles. The second-order valence-electron chi connectivity index (χ2n) is 18.6. The second kappa shape index (κ2) is 17.7. The van der Waals surface area contributed by atoms with Gasteiger partial charge in [-0.3, -0.25) is 0 Å². The van der Waals surface area contributed by atoms with E-state index in [2.05, 4.69) is 260 Å². The van der Waals surface area contributed by atoms with Crippen LogP contribution in [0.2, 0.25) is 0 Å². The van der Waals surface area contributed by atoms with Crippen LogP contribution in [0.15, 0.2) is 265 Å². The number of hydrogen-bond donors (Lipinski definition) is 0. The predicted molar refractivity (Wildman–Crippen MR) is 293 cm³/mol. The summed E-state index contributed by atoms with van der Waals surface area (Å²) in [6, 6.07) is 79.3. The van der Waals surface area contributed by atoms with Gasteiger partial charge in [-0.25, -0.2) is 4.98 Å². The Labute approximate surface area is 408 Å². The van der Waals surface area contributed by atoms with Gasteiger partial charge in [0.1, 0.15) is 5.52 Å². The summed E-state index contributed by atoms with van der Waals surface area (Å²) in [5.74, 6) is 1.27. The highest BCUT2D eigenvalue weighted by atomic mass is 16.3. The summed E-state index contributed by atoms with van der Waals surface area (Å²) in [7, 11) is 0. The highest BCUT2D eigenvalue weighted by Crippen LogP contribution is 2.45. The molecule has 2 aliphatic carbocycles. The Morgan fingerprint density at radius 2 is 1.13 bits per heavy atom. The number of benzene rings is 10. The Kier molecular flexibility index (Phi) is 10.5. The summed E-state index contributed by atoms with van der Waals surface area (Å²) in [6.45, 7) is 0. The van der Waals surface area contributed by atoms with E-state index in [0.29, 0.717) is 11.8 Å². The molecule has 0 fully saturated rings. The van der Waals surface area contributed by atoms with Gasteiger partial charge in [-0.2, -0.15) is 0 Å². The first kappa shape index (κ1) is 41.4. The van der Waals surface area contributed by atoms with E-state index in [1.807, 2.05) is 0 Å². The predicted octanol–water partition coefficient (Wildman–Crippen LogP) is 18.2. The standard InChI is InChI=1S/C67H48N2O/c1-3-13-45(14-4-1)48-25-28-51(29-26-48)67-68-66-62-38-33-57(42-56(62)35-40-65(66)70-67)63-44-54(46-15-5-2-6-16-46)34-39-64(63)69(58-36-31-49(32-37-58)53-30-27-47-17-7-8-19-52(47)41-53)59-22-11-21-55(43-59)61-24-12-20-50-18-9-10-23-60(50)61/h1-25,27-31,33-44,48-49H,26,32H2. The summed E-state index contributed by atoms with van der Waals surface area (Å²) in [5.41, 5.74) is 15.7. The van der Waals surface area contributed by atoms with Crippen LogP contribution in [0, 0.1) is 0 Å². The molecule has 3 nitrogen and oxygen atoms in total. The van der Waals surface area contributed by atoms with Crippen LogP contribution < -0.4 is 4.90 Å². The van der Waals surface area contributed by atoms with E-state index >= 15 is 0 Å². The highest BCUT2D eigenvalue weighted by molar-refractivity contribution is 6.06. The Hall–Kier alpha value is -8.79. The number of aromatic nitrogens is 1. The van der Waals surface area contributed by atoms with Gasteiger partial charge in [-0.05, 0) is 121 Å². The van der Waals surface area contributed by atoms with Crippen molar-refractivity contribution in [2.45, 2.75) is 24.7 Å². The molecular formula is C67H48N2O. The fourth-order valence-electron chi connectivity index (χ4n) is 10.7. The molecular weight excluding hydrogens is 849 g/mol. The first-order chi connectivity index (χ1) is 34.7. The van der Waals surface area contributed by atoms with E-state index in [4.69, 9.17) is 9.40 Å². The fraction of sp³-hybridized carbons (Fsp3) is 0.0597. The highest BCUT2D eigenvalue weighted by Gasteiger charge is 2.24. The first-order valence-electron chi connectivity index (χ1n) is 24.4. The summed E-state index contributed by atoms with van der Waals surface area (Å²) in [6.07, 6.45) is 15.6. The summed E-state index contributed by atoms with van der Waals surface area (Å²) < 4.78 is 6.47. The molecule has 3 heteroatoms. The zero-order chi connectivity index (χ0) is 46.4. The van der Waals surface area contributed by atoms with Crippen LogP contribution in [-0.4, -0.2) is 4.98 Å². The Balaban J connectivity index is 0.930. The molecule has 11 aromatic rings. The lowest BCUT2D eigenvalue weighted by atomic mass is 9.89. The lowest BCUT2D eigenvalue weighted by molar-refractivity contribution is 0.584. The summed E-state index contributed by atoms with van der Waals surface area (Å²) in [5, 5.41) is 7.18. The van der Waals surface area contributed by atoms with Gasteiger partial charge in [-0.1, -0.05) is 212 Å². The Morgan fingerprint density at radius 1 is 0.429 bits per heavy atom. The smallest absolute Gasteiger partial charge is 0.226 e. The van der Waals surface area contributed by atoms with Crippen molar-refractivity contribution in [3.63, 3.8) is 0 Å². The van der Waals surface area contributed by atoms with Crippen LogP contribution >= 0.6 is 0 Å². The average Bonchev–Trinajstić information content (AvgIpc) is 3.89. The number of fused-ring (bicyclic) bond motifs is 5. The topological polar surface area (TPSA) is 29.3 Å². The molecule has 332 valence electrons. The monoisotopic (exact) mass is 896 g/mol. The van der Waals surface area contributed by atoms with Crippen LogP contribution in [0.25, 0.3) is 82.4 Å². The van der Waals surface area contributed by atoms with E-state index in [-0.39, 0.29) is 5.92 Å². The van der Waals surface area contributed by atoms with Crippen molar-refractivity contribution in [3.05, 3.63) is 278 Å². The van der Waals surface area contributed by atoms with E-state index in [1.54, 1.807) is 0 Å². The van der Waals surface area contributed by atoms with E-state index in [1.165, 1.54) is 49.4 Å². The van der Waals surface area contributed by atoms with Crippen molar-refractivity contribution in [2.24, 2.45) is 0 Å². The molecule has 0 saturated carbocycles. The third-order valence-electron chi connectivity index (χ3n) is 14.3. The molecule has 2 aliphatic rings. The fourth-order valence-corrected chi connectivity index (χ4v) is 10.7. The van der Waals surface area contributed by atoms with Crippen LogP contribution in [0.3, 0.4) is 0 Å². The molecule has 70 heavy (non-hydrogen) atoms. The maximum atomic E-state index is 6.47. The lowest BCUT2D eigenvalue weighted by Crippen LogP contribution is -2.18. The molecule has 1 heterocycles. The molecule has 0 aliphatic heterocycles. The molecule has 0 radical (unpaired) electrons. The summed E-state index contributed by atoms with van der Waals surface area (Å²) >= 11 is 0. The molecule has 0 saturated heterocycles. The number of oxazole rings is 1. The minimum atomic E-state index is 0.267. The number of hydrogen-bond acceptors (Lipinski definition) is 3. The third kappa shape index (κ3) is 7.72. The molecule has 13 rings (SSSR count). The molecule has 2 unspecified atom stereocenters. The van der Waals surface area contributed by atoms with Gasteiger partial charge >= 0.3 is 0 Å². The van der Waals surface area contributed by atoms with Gasteiger partial charge < -0.3 is 9.32 Å². The number of rotatable bonds is 9. The van der Waals surface area contributed by atoms with Crippen LogP contribution in [0.5, 0.6) is 0 Å². The van der Waals surface area contributed by atoms with Crippen molar-refractivity contribution in [1.29, 1.82) is 0 Å². The van der Waals surface area contributed by atoms with Crippen molar-refractivity contribution < 1.29 is 4.42 Å². The van der Waals surface area contributed by atoms with Crippen LogP contribution in [0.1, 0.15) is 41.7 Å². The molecule has 2 atom stereocenters. The van der Waals surface area contributed by atoms with Crippen molar-refractivity contribution in [1.82, 2.24) is 4.98 Å². The van der Waals surface area contributed by atoms with Crippen molar-refractivity contribution in [2.75, 3.05) is 4.90 Å². The van der Waals surface area contributed by atoms with Gasteiger partial charge in [-0.15, -0.1) is 0 Å². The third-order valence-corrected chi connectivity index (χ3v) is 14.3. The SMILES string of the molecule is C1=CC(c2ccccc2)CC=C1c1nc2c(ccc3cc(-c4cc(-c5ccccc5)ccc4N(C4=CCC(c5ccc6ccccc6c5)C=C4)c4cccc(-c5cccc6ccccc56)c4)ccc32)o1. The number of allylic oxidation sites excluding steroid dienone is 7. The van der Waals surface area contributed by atoms with E-state index < -0.39 is 0 Å². The molecule has 1 aromatic heterocycles. The van der Waals surface area contributed by atoms with Crippen molar-refractivity contribution >= 4 is 60.4 Å². The number of nitrogens with zero attached hydrogens (tertiary/aromatic N) is 2. The van der Waals surface area contributed by atoms with Gasteiger partial charge in [0.15, 0.2) is 5.58 Å².